The van der Waals surface area contributed by atoms with E-state index in [0.29, 0.717) is 39.2 Å². The highest BCUT2D eigenvalue weighted by molar-refractivity contribution is 5.86. The first kappa shape index (κ1) is 15.0. The minimum absolute atomic E-state index is 0.104. The van der Waals surface area contributed by atoms with Crippen molar-refractivity contribution < 1.29 is 14.3 Å². The summed E-state index contributed by atoms with van der Waals surface area (Å²) in [5.41, 5.74) is 7.48. The van der Waals surface area contributed by atoms with E-state index in [-0.39, 0.29) is 5.91 Å². The lowest BCUT2D eigenvalue weighted by Gasteiger charge is -2.31. The number of carbonyl (C=O) groups excluding carboxylic acids is 1. The molecule has 1 amide bonds. The van der Waals surface area contributed by atoms with Crippen molar-refractivity contribution in [3.8, 4) is 0 Å². The Morgan fingerprint density at radius 1 is 1.35 bits per heavy atom. The lowest BCUT2D eigenvalue weighted by molar-refractivity contribution is -0.129. The molecule has 1 aliphatic heterocycles. The highest BCUT2D eigenvalue weighted by atomic mass is 16.5. The van der Waals surface area contributed by atoms with Crippen molar-refractivity contribution in [3.05, 3.63) is 35.4 Å². The third-order valence-corrected chi connectivity index (χ3v) is 3.69. The van der Waals surface area contributed by atoms with E-state index in [1.807, 2.05) is 24.3 Å². The molecule has 0 aromatic heterocycles. The molecule has 110 valence electrons. The van der Waals surface area contributed by atoms with Gasteiger partial charge in [0, 0.05) is 26.9 Å². The Morgan fingerprint density at radius 2 is 2.00 bits per heavy atom. The fourth-order valence-electron chi connectivity index (χ4n) is 2.34. The number of nitrogens with two attached hydrogens (primary N) is 1. The van der Waals surface area contributed by atoms with Crippen LogP contribution in [0.25, 0.3) is 0 Å². The van der Waals surface area contributed by atoms with E-state index in [1.165, 1.54) is 0 Å². The van der Waals surface area contributed by atoms with E-state index in [1.54, 1.807) is 7.11 Å². The number of amides is 1. The van der Waals surface area contributed by atoms with Gasteiger partial charge in [-0.05, 0) is 24.0 Å². The molecular weight excluding hydrogens is 256 g/mol. The van der Waals surface area contributed by atoms with E-state index >= 15 is 0 Å². The number of methoxy groups -OCH3 is 1. The molecular formula is C15H22N2O3. The zero-order chi connectivity index (χ0) is 14.4. The number of ether oxygens (including phenoxy) is 2. The molecule has 0 spiro atoms. The molecule has 1 aromatic carbocycles. The van der Waals surface area contributed by atoms with Crippen LogP contribution in [0, 0.1) is 0 Å². The van der Waals surface area contributed by atoms with Crippen LogP contribution in [-0.2, 0) is 27.4 Å². The molecule has 1 fully saturated rings. The molecule has 1 saturated heterocycles. The molecule has 2 rings (SSSR count). The van der Waals surface area contributed by atoms with Crippen LogP contribution in [0.1, 0.15) is 24.0 Å². The average molecular weight is 278 g/mol. The minimum Gasteiger partial charge on any atom is -0.381 e. The van der Waals surface area contributed by atoms with Crippen molar-refractivity contribution in [2.45, 2.75) is 31.5 Å². The second kappa shape index (κ2) is 6.83. The van der Waals surface area contributed by atoms with E-state index < -0.39 is 5.54 Å². The second-order valence-corrected chi connectivity index (χ2v) is 5.15. The Morgan fingerprint density at radius 3 is 2.65 bits per heavy atom. The number of carbonyl (C=O) groups is 1. The van der Waals surface area contributed by atoms with Crippen LogP contribution in [0.3, 0.4) is 0 Å². The van der Waals surface area contributed by atoms with Crippen LogP contribution in [0.5, 0.6) is 0 Å². The van der Waals surface area contributed by atoms with E-state index in [4.69, 9.17) is 15.2 Å². The van der Waals surface area contributed by atoms with E-state index in [9.17, 15) is 4.79 Å². The van der Waals surface area contributed by atoms with Crippen LogP contribution < -0.4 is 11.1 Å². The number of rotatable bonds is 5. The van der Waals surface area contributed by atoms with Crippen LogP contribution in [0.4, 0.5) is 0 Å². The molecule has 0 atom stereocenters. The van der Waals surface area contributed by atoms with Crippen molar-refractivity contribution in [1.29, 1.82) is 0 Å². The summed E-state index contributed by atoms with van der Waals surface area (Å²) in [6.45, 7) is 2.10. The molecule has 1 heterocycles. The second-order valence-electron chi connectivity index (χ2n) is 5.15. The van der Waals surface area contributed by atoms with Gasteiger partial charge in [0.05, 0.1) is 12.1 Å². The molecule has 5 nitrogen and oxygen atoms in total. The van der Waals surface area contributed by atoms with Crippen LogP contribution in [-0.4, -0.2) is 31.8 Å². The molecule has 5 heteroatoms. The van der Waals surface area contributed by atoms with Crippen molar-refractivity contribution >= 4 is 5.91 Å². The highest BCUT2D eigenvalue weighted by Crippen LogP contribution is 2.18. The smallest absolute Gasteiger partial charge is 0.240 e. The molecule has 3 N–H and O–H groups in total. The summed E-state index contributed by atoms with van der Waals surface area (Å²) in [6, 6.07) is 7.90. The largest absolute Gasteiger partial charge is 0.381 e. The number of nitrogens with one attached hydrogen (secondary N) is 1. The summed E-state index contributed by atoms with van der Waals surface area (Å²) in [7, 11) is 1.66. The first-order valence-corrected chi connectivity index (χ1v) is 6.86. The van der Waals surface area contributed by atoms with E-state index in [0.717, 1.165) is 11.1 Å². The number of hydrogen-bond acceptors (Lipinski definition) is 4. The van der Waals surface area contributed by atoms with Gasteiger partial charge in [-0.1, -0.05) is 24.3 Å². The summed E-state index contributed by atoms with van der Waals surface area (Å²) in [6.07, 6.45) is 1.14. The summed E-state index contributed by atoms with van der Waals surface area (Å²) < 4.78 is 10.4. The zero-order valence-electron chi connectivity index (χ0n) is 11.9. The van der Waals surface area contributed by atoms with E-state index in [2.05, 4.69) is 5.32 Å². The normalized spacial score (nSPS) is 17.7. The Bertz CT molecular complexity index is 456. The maximum atomic E-state index is 12.2. The molecule has 1 aromatic rings. The Hall–Kier alpha value is -1.43. The van der Waals surface area contributed by atoms with Crippen molar-refractivity contribution in [3.63, 3.8) is 0 Å². The molecule has 20 heavy (non-hydrogen) atoms. The van der Waals surface area contributed by atoms with Gasteiger partial charge in [-0.15, -0.1) is 0 Å². The summed E-state index contributed by atoms with van der Waals surface area (Å²) in [5.74, 6) is -0.104. The molecule has 0 radical (unpaired) electrons. The molecule has 0 unspecified atom stereocenters. The fourth-order valence-corrected chi connectivity index (χ4v) is 2.34. The van der Waals surface area contributed by atoms with Gasteiger partial charge in [-0.3, -0.25) is 4.79 Å². The van der Waals surface area contributed by atoms with Gasteiger partial charge in [0.15, 0.2) is 0 Å². The van der Waals surface area contributed by atoms with Gasteiger partial charge in [-0.25, -0.2) is 0 Å². The maximum absolute atomic E-state index is 12.2. The molecule has 0 bridgehead atoms. The zero-order valence-corrected chi connectivity index (χ0v) is 11.9. The first-order valence-electron chi connectivity index (χ1n) is 6.86. The van der Waals surface area contributed by atoms with Gasteiger partial charge < -0.3 is 20.5 Å². The SMILES string of the molecule is COCc1ccccc1CNC(=O)C1(N)CCOCC1. The van der Waals surface area contributed by atoms with Crippen LogP contribution in [0.15, 0.2) is 24.3 Å². The minimum atomic E-state index is -0.797. The molecule has 0 saturated carbocycles. The highest BCUT2D eigenvalue weighted by Gasteiger charge is 2.35. The van der Waals surface area contributed by atoms with Gasteiger partial charge in [-0.2, -0.15) is 0 Å². The average Bonchev–Trinajstić information content (AvgIpc) is 2.47. The predicted octanol–water partition coefficient (Wildman–Crippen LogP) is 0.957. The Kier molecular flexibility index (Phi) is 5.11. The topological polar surface area (TPSA) is 73.6 Å². The predicted molar refractivity (Wildman–Crippen MR) is 76.0 cm³/mol. The maximum Gasteiger partial charge on any atom is 0.240 e. The summed E-state index contributed by atoms with van der Waals surface area (Å²) >= 11 is 0. The molecule has 0 aliphatic carbocycles. The van der Waals surface area contributed by atoms with Gasteiger partial charge in [0.25, 0.3) is 0 Å². The lowest BCUT2D eigenvalue weighted by atomic mass is 9.90. The van der Waals surface area contributed by atoms with Crippen LogP contribution in [0.2, 0.25) is 0 Å². The lowest BCUT2D eigenvalue weighted by Crippen LogP contribution is -2.56. The molecule has 1 aliphatic rings. The third kappa shape index (κ3) is 3.56. The summed E-state index contributed by atoms with van der Waals surface area (Å²) in [4.78, 5) is 12.2. The quantitative estimate of drug-likeness (QED) is 0.841. The van der Waals surface area contributed by atoms with Crippen molar-refractivity contribution in [2.75, 3.05) is 20.3 Å². The number of hydrogen-bond donors (Lipinski definition) is 2. The van der Waals surface area contributed by atoms with Crippen LogP contribution >= 0.6 is 0 Å². The van der Waals surface area contributed by atoms with Gasteiger partial charge >= 0.3 is 0 Å². The number of benzene rings is 1. The van der Waals surface area contributed by atoms with Gasteiger partial charge in [0.1, 0.15) is 0 Å². The third-order valence-electron chi connectivity index (χ3n) is 3.69. The monoisotopic (exact) mass is 278 g/mol. The van der Waals surface area contributed by atoms with Gasteiger partial charge in [0.2, 0.25) is 5.91 Å². The standard InChI is InChI=1S/C15H22N2O3/c1-19-11-13-5-3-2-4-12(13)10-17-14(18)15(16)6-8-20-9-7-15/h2-5H,6-11,16H2,1H3,(H,17,18). The Labute approximate surface area is 119 Å². The van der Waals surface area contributed by atoms with Crippen molar-refractivity contribution in [2.24, 2.45) is 5.73 Å². The summed E-state index contributed by atoms with van der Waals surface area (Å²) in [5, 5.41) is 2.93. The Balaban J connectivity index is 1.96. The fraction of sp³-hybridized carbons (Fsp3) is 0.533. The van der Waals surface area contributed by atoms with Crippen molar-refractivity contribution in [1.82, 2.24) is 5.32 Å². The first-order chi connectivity index (χ1) is 9.65.